The first kappa shape index (κ1) is 8.44. The fourth-order valence-corrected chi connectivity index (χ4v) is 2.94. The molecule has 1 aliphatic carbocycles. The van der Waals surface area contributed by atoms with Gasteiger partial charge >= 0.3 is 5.97 Å². The van der Waals surface area contributed by atoms with Crippen molar-refractivity contribution in [2.45, 2.75) is 19.3 Å². The summed E-state index contributed by atoms with van der Waals surface area (Å²) in [7, 11) is 0. The van der Waals surface area contributed by atoms with E-state index in [4.69, 9.17) is 5.11 Å². The largest absolute Gasteiger partial charge is 0.478 e. The van der Waals surface area contributed by atoms with Crippen LogP contribution in [0, 0.1) is 0 Å². The van der Waals surface area contributed by atoms with Crippen molar-refractivity contribution < 1.29 is 14.7 Å². The molecule has 0 saturated heterocycles. The molecule has 68 valence electrons. The number of aldehydes is 1. The molecule has 1 aromatic rings. The van der Waals surface area contributed by atoms with Crippen LogP contribution in [0.15, 0.2) is 0 Å². The second kappa shape index (κ2) is 2.96. The fourth-order valence-electron chi connectivity index (χ4n) is 1.74. The zero-order valence-electron chi connectivity index (χ0n) is 6.87. The summed E-state index contributed by atoms with van der Waals surface area (Å²) < 4.78 is 0. The molecule has 1 aliphatic rings. The molecule has 13 heavy (non-hydrogen) atoms. The van der Waals surface area contributed by atoms with Gasteiger partial charge in [-0.2, -0.15) is 0 Å². The summed E-state index contributed by atoms with van der Waals surface area (Å²) in [6, 6.07) is 0. The lowest BCUT2D eigenvalue weighted by atomic mass is 10.1. The number of aryl methyl sites for hydroxylation is 1. The second-order valence-corrected chi connectivity index (χ2v) is 4.16. The summed E-state index contributed by atoms with van der Waals surface area (Å²) in [4.78, 5) is 22.9. The molecular formula is C9H8O3S. The molecule has 2 rings (SSSR count). The molecule has 0 radical (unpaired) electrons. The lowest BCUT2D eigenvalue weighted by Crippen LogP contribution is -2.01. The van der Waals surface area contributed by atoms with Gasteiger partial charge in [-0.05, 0) is 24.8 Å². The van der Waals surface area contributed by atoms with E-state index in [1.54, 1.807) is 0 Å². The van der Waals surface area contributed by atoms with Crippen molar-refractivity contribution in [1.29, 1.82) is 0 Å². The van der Waals surface area contributed by atoms with Gasteiger partial charge in [0.25, 0.3) is 0 Å². The number of carboxylic acids is 1. The van der Waals surface area contributed by atoms with Crippen molar-refractivity contribution in [1.82, 2.24) is 0 Å². The molecule has 4 heteroatoms. The van der Waals surface area contributed by atoms with Crippen molar-refractivity contribution in [3.05, 3.63) is 20.9 Å². The number of aromatic carboxylic acids is 1. The van der Waals surface area contributed by atoms with Gasteiger partial charge < -0.3 is 5.11 Å². The number of fused-ring (bicyclic) bond motifs is 1. The van der Waals surface area contributed by atoms with Crippen LogP contribution in [0.3, 0.4) is 0 Å². The standard InChI is InChI=1S/C9H8O3S/c10-4-7-8(9(11)12)5-2-1-3-6(5)13-7/h4H,1-3H2,(H,11,12). The number of hydrogen-bond acceptors (Lipinski definition) is 3. The molecule has 0 aromatic carbocycles. The van der Waals surface area contributed by atoms with Gasteiger partial charge in [-0.15, -0.1) is 11.3 Å². The van der Waals surface area contributed by atoms with Gasteiger partial charge in [0.05, 0.1) is 10.4 Å². The predicted molar refractivity (Wildman–Crippen MR) is 48.7 cm³/mol. The highest BCUT2D eigenvalue weighted by Crippen LogP contribution is 2.34. The van der Waals surface area contributed by atoms with Gasteiger partial charge in [-0.1, -0.05) is 0 Å². The van der Waals surface area contributed by atoms with Gasteiger partial charge in [0.1, 0.15) is 0 Å². The van der Waals surface area contributed by atoms with Crippen LogP contribution in [0.5, 0.6) is 0 Å². The topological polar surface area (TPSA) is 54.4 Å². The number of carbonyl (C=O) groups is 2. The first-order valence-electron chi connectivity index (χ1n) is 4.07. The van der Waals surface area contributed by atoms with E-state index in [1.807, 2.05) is 0 Å². The Morgan fingerprint density at radius 2 is 2.23 bits per heavy atom. The van der Waals surface area contributed by atoms with Crippen molar-refractivity contribution in [3.8, 4) is 0 Å². The number of carboxylic acid groups (broad SMARTS) is 1. The molecule has 0 saturated carbocycles. The molecule has 1 N–H and O–H groups in total. The molecule has 0 spiro atoms. The average Bonchev–Trinajstić information content (AvgIpc) is 2.59. The Balaban J connectivity index is 2.62. The Morgan fingerprint density at radius 3 is 2.85 bits per heavy atom. The molecule has 0 bridgehead atoms. The summed E-state index contributed by atoms with van der Waals surface area (Å²) >= 11 is 1.33. The summed E-state index contributed by atoms with van der Waals surface area (Å²) in [5.41, 5.74) is 1.13. The minimum Gasteiger partial charge on any atom is -0.478 e. The quantitative estimate of drug-likeness (QED) is 0.733. The number of thiophene rings is 1. The number of carbonyl (C=O) groups excluding carboxylic acids is 1. The Bertz CT molecular complexity index is 378. The van der Waals surface area contributed by atoms with Gasteiger partial charge in [0, 0.05) is 4.88 Å². The Kier molecular flexibility index (Phi) is 1.92. The van der Waals surface area contributed by atoms with Crippen molar-refractivity contribution in [3.63, 3.8) is 0 Å². The van der Waals surface area contributed by atoms with E-state index >= 15 is 0 Å². The molecule has 0 atom stereocenters. The fraction of sp³-hybridized carbons (Fsp3) is 0.333. The minimum atomic E-state index is -0.971. The Labute approximate surface area is 79.0 Å². The predicted octanol–water partition coefficient (Wildman–Crippen LogP) is 1.75. The Morgan fingerprint density at radius 1 is 1.46 bits per heavy atom. The van der Waals surface area contributed by atoms with Crippen LogP contribution in [0.4, 0.5) is 0 Å². The highest BCUT2D eigenvalue weighted by molar-refractivity contribution is 7.14. The zero-order valence-corrected chi connectivity index (χ0v) is 7.69. The maximum Gasteiger partial charge on any atom is 0.337 e. The lowest BCUT2D eigenvalue weighted by molar-refractivity contribution is 0.0693. The number of hydrogen-bond donors (Lipinski definition) is 1. The molecule has 0 unspecified atom stereocenters. The summed E-state index contributed by atoms with van der Waals surface area (Å²) in [5, 5.41) is 8.90. The van der Waals surface area contributed by atoms with Gasteiger partial charge in [-0.3, -0.25) is 4.79 Å². The SMILES string of the molecule is O=Cc1sc2c(c1C(=O)O)CCC2. The van der Waals surface area contributed by atoms with Crippen LogP contribution < -0.4 is 0 Å². The maximum absolute atomic E-state index is 10.8. The average molecular weight is 196 g/mol. The summed E-state index contributed by atoms with van der Waals surface area (Å²) in [6.07, 6.45) is 3.39. The van der Waals surface area contributed by atoms with E-state index in [1.165, 1.54) is 11.3 Å². The molecule has 1 aromatic heterocycles. The van der Waals surface area contributed by atoms with Gasteiger partial charge in [0.15, 0.2) is 6.29 Å². The monoisotopic (exact) mass is 196 g/mol. The third-order valence-corrected chi connectivity index (χ3v) is 3.49. The van der Waals surface area contributed by atoms with E-state index < -0.39 is 5.97 Å². The third-order valence-electron chi connectivity index (χ3n) is 2.27. The molecule has 0 amide bonds. The highest BCUT2D eigenvalue weighted by Gasteiger charge is 2.25. The van der Waals surface area contributed by atoms with Crippen LogP contribution in [0.25, 0.3) is 0 Å². The van der Waals surface area contributed by atoms with E-state index in [-0.39, 0.29) is 5.56 Å². The van der Waals surface area contributed by atoms with Crippen LogP contribution in [0.2, 0.25) is 0 Å². The van der Waals surface area contributed by atoms with Crippen LogP contribution in [-0.4, -0.2) is 17.4 Å². The summed E-state index contributed by atoms with van der Waals surface area (Å²) in [6.45, 7) is 0. The van der Waals surface area contributed by atoms with Crippen molar-refractivity contribution >= 4 is 23.6 Å². The van der Waals surface area contributed by atoms with E-state index in [0.29, 0.717) is 11.2 Å². The third kappa shape index (κ3) is 1.18. The molecule has 3 nitrogen and oxygen atoms in total. The van der Waals surface area contributed by atoms with Crippen LogP contribution >= 0.6 is 11.3 Å². The maximum atomic E-state index is 10.8. The second-order valence-electron chi connectivity index (χ2n) is 3.02. The van der Waals surface area contributed by atoms with E-state index in [0.717, 1.165) is 29.7 Å². The first-order valence-corrected chi connectivity index (χ1v) is 4.88. The smallest absolute Gasteiger partial charge is 0.337 e. The van der Waals surface area contributed by atoms with Crippen LogP contribution in [0.1, 0.15) is 36.9 Å². The highest BCUT2D eigenvalue weighted by atomic mass is 32.1. The summed E-state index contributed by atoms with van der Waals surface area (Å²) in [5.74, 6) is -0.971. The Hall–Kier alpha value is -1.16. The van der Waals surface area contributed by atoms with E-state index in [9.17, 15) is 9.59 Å². The molecule has 0 fully saturated rings. The molecular weight excluding hydrogens is 188 g/mol. The normalized spacial score (nSPS) is 14.2. The first-order chi connectivity index (χ1) is 6.24. The molecule has 0 aliphatic heterocycles. The van der Waals surface area contributed by atoms with Crippen LogP contribution in [-0.2, 0) is 12.8 Å². The lowest BCUT2D eigenvalue weighted by Gasteiger charge is -1.94. The molecule has 1 heterocycles. The minimum absolute atomic E-state index is 0.243. The van der Waals surface area contributed by atoms with Gasteiger partial charge in [-0.25, -0.2) is 4.79 Å². The number of rotatable bonds is 2. The van der Waals surface area contributed by atoms with Crippen molar-refractivity contribution in [2.75, 3.05) is 0 Å². The zero-order chi connectivity index (χ0) is 9.42. The van der Waals surface area contributed by atoms with E-state index in [2.05, 4.69) is 0 Å². The van der Waals surface area contributed by atoms with Crippen molar-refractivity contribution in [2.24, 2.45) is 0 Å². The van der Waals surface area contributed by atoms with Gasteiger partial charge in [0.2, 0.25) is 0 Å².